The first-order valence-corrected chi connectivity index (χ1v) is 18.8. The summed E-state index contributed by atoms with van der Waals surface area (Å²) in [5, 5.41) is 17.1. The smallest absolute Gasteiger partial charge is 0.184 e. The third-order valence-electron chi connectivity index (χ3n) is 11.4. The van der Waals surface area contributed by atoms with Crippen LogP contribution in [-0.2, 0) is 0 Å². The molecule has 11 aromatic rings. The summed E-state index contributed by atoms with van der Waals surface area (Å²) < 4.78 is 11.4. The van der Waals surface area contributed by atoms with Crippen molar-refractivity contribution in [2.75, 3.05) is 0 Å². The lowest BCUT2D eigenvalue weighted by Gasteiger charge is -2.33. The van der Waals surface area contributed by atoms with Gasteiger partial charge in [0.2, 0.25) is 0 Å². The van der Waals surface area contributed by atoms with Crippen molar-refractivity contribution in [1.82, 2.24) is 19.8 Å². The molecule has 0 bridgehead atoms. The van der Waals surface area contributed by atoms with Crippen molar-refractivity contribution < 1.29 is 4.42 Å². The lowest BCUT2D eigenvalue weighted by molar-refractivity contribution is 0.341. The fourth-order valence-corrected chi connectivity index (χ4v) is 8.89. The van der Waals surface area contributed by atoms with Gasteiger partial charge in [0, 0.05) is 37.9 Å². The maximum atomic E-state index is 6.60. The number of nitrogens with one attached hydrogen (secondary N) is 2. The highest BCUT2D eigenvalue weighted by atomic mass is 16.3. The van der Waals surface area contributed by atoms with Crippen LogP contribution in [0.3, 0.4) is 0 Å². The second-order valence-electron chi connectivity index (χ2n) is 14.4. The molecule has 0 saturated heterocycles. The number of hydrogen-bond acceptors (Lipinski definition) is 4. The van der Waals surface area contributed by atoms with E-state index < -0.39 is 6.29 Å². The van der Waals surface area contributed by atoms with Crippen LogP contribution in [0.15, 0.2) is 185 Å². The minimum absolute atomic E-state index is 0.236. The number of fused-ring (bicyclic) bond motifs is 10. The normalized spacial score (nSPS) is 16.2. The number of rotatable bonds is 4. The van der Waals surface area contributed by atoms with Crippen molar-refractivity contribution >= 4 is 82.2 Å². The molecule has 55 heavy (non-hydrogen) atoms. The van der Waals surface area contributed by atoms with Gasteiger partial charge in [-0.2, -0.15) is 0 Å². The van der Waals surface area contributed by atoms with Crippen LogP contribution in [0.5, 0.6) is 0 Å². The Morgan fingerprint density at radius 1 is 0.473 bits per heavy atom. The van der Waals surface area contributed by atoms with Gasteiger partial charge >= 0.3 is 0 Å². The van der Waals surface area contributed by atoms with Crippen molar-refractivity contribution in [2.24, 2.45) is 4.99 Å². The van der Waals surface area contributed by atoms with E-state index in [1.54, 1.807) is 0 Å². The topological polar surface area (TPSA) is 59.4 Å². The minimum Gasteiger partial charge on any atom is -0.456 e. The molecule has 1 aliphatic rings. The fourth-order valence-electron chi connectivity index (χ4n) is 8.89. The molecule has 0 spiro atoms. The van der Waals surface area contributed by atoms with E-state index in [2.05, 4.69) is 184 Å². The van der Waals surface area contributed by atoms with E-state index in [1.165, 1.54) is 32.3 Å². The van der Waals surface area contributed by atoms with Crippen LogP contribution in [0.1, 0.15) is 23.6 Å². The molecule has 12 rings (SSSR count). The Bertz CT molecular complexity index is 3300. The molecule has 1 aliphatic heterocycles. The highest BCUT2D eigenvalue weighted by Crippen LogP contribution is 2.40. The van der Waals surface area contributed by atoms with E-state index in [0.29, 0.717) is 0 Å². The van der Waals surface area contributed by atoms with Gasteiger partial charge in [-0.15, -0.1) is 0 Å². The molecule has 0 fully saturated rings. The molecular weight excluding hydrogens is 675 g/mol. The van der Waals surface area contributed by atoms with Gasteiger partial charge in [-0.1, -0.05) is 127 Å². The summed E-state index contributed by atoms with van der Waals surface area (Å²) in [7, 11) is 0. The first-order chi connectivity index (χ1) is 27.3. The number of amidine groups is 1. The highest BCUT2D eigenvalue weighted by molar-refractivity contribution is 6.17. The number of aliphatic imine (C=N–C) groups is 1. The standard InChI is InChI=1S/C49H33N5O/c1-2-14-30(15-3-1)47-50-48(52-49(51-47)54-41-23-11-6-18-33(41)34-19-7-12-24-42(34)54)39-29-46-38(36-21-9-13-25-45(36)55-46)28-44(39)53-40-22-10-8-20-35(40)37-26-31-16-4-5-17-32(31)27-43(37)53/h1-29,47,49,51H,(H,50,52). The summed E-state index contributed by atoms with van der Waals surface area (Å²) in [6.45, 7) is 0. The third-order valence-corrected chi connectivity index (χ3v) is 11.4. The Morgan fingerprint density at radius 2 is 1.07 bits per heavy atom. The maximum absolute atomic E-state index is 6.60. The van der Waals surface area contributed by atoms with Crippen LogP contribution in [0.2, 0.25) is 0 Å². The molecule has 2 atom stereocenters. The zero-order valence-electron chi connectivity index (χ0n) is 29.6. The Kier molecular flexibility index (Phi) is 6.44. The van der Waals surface area contributed by atoms with Gasteiger partial charge in [0.15, 0.2) is 6.29 Å². The lowest BCUT2D eigenvalue weighted by atomic mass is 10.0. The predicted molar refractivity (Wildman–Crippen MR) is 226 cm³/mol. The van der Waals surface area contributed by atoms with E-state index >= 15 is 0 Å². The summed E-state index contributed by atoms with van der Waals surface area (Å²) >= 11 is 0. The summed E-state index contributed by atoms with van der Waals surface area (Å²) in [5.74, 6) is 0.781. The monoisotopic (exact) mass is 707 g/mol. The molecule has 0 saturated carbocycles. The quantitative estimate of drug-likeness (QED) is 0.191. The van der Waals surface area contributed by atoms with Gasteiger partial charge in [0.05, 0.1) is 27.8 Å². The predicted octanol–water partition coefficient (Wildman–Crippen LogP) is 11.7. The summed E-state index contributed by atoms with van der Waals surface area (Å²) in [5.41, 5.74) is 9.31. The number of para-hydroxylation sites is 4. The van der Waals surface area contributed by atoms with Crippen LogP contribution in [0.4, 0.5) is 0 Å². The molecule has 260 valence electrons. The number of hydrogen-bond donors (Lipinski definition) is 2. The number of aromatic nitrogens is 2. The molecule has 6 nitrogen and oxygen atoms in total. The van der Waals surface area contributed by atoms with Crippen LogP contribution in [0, 0.1) is 0 Å². The van der Waals surface area contributed by atoms with Gasteiger partial charge in [0.1, 0.15) is 23.2 Å². The molecule has 0 aliphatic carbocycles. The van der Waals surface area contributed by atoms with E-state index in [0.717, 1.165) is 66.7 Å². The lowest BCUT2D eigenvalue weighted by Crippen LogP contribution is -2.46. The van der Waals surface area contributed by atoms with Crippen molar-refractivity contribution in [3.05, 3.63) is 187 Å². The maximum Gasteiger partial charge on any atom is 0.184 e. The van der Waals surface area contributed by atoms with Crippen molar-refractivity contribution in [3.8, 4) is 5.69 Å². The zero-order valence-corrected chi connectivity index (χ0v) is 29.6. The largest absolute Gasteiger partial charge is 0.456 e. The van der Waals surface area contributed by atoms with E-state index in [9.17, 15) is 0 Å². The van der Waals surface area contributed by atoms with Gasteiger partial charge in [-0.25, -0.2) is 4.99 Å². The Hall–Kier alpha value is -7.15. The molecule has 4 heterocycles. The SMILES string of the molecule is c1ccc(C2NC(c3cc4oc5ccccc5c4cc3-n3c4ccccc4c4cc5ccccc5cc43)=NC(n3c4ccccc4c4ccccc43)N2)cc1. The third kappa shape index (κ3) is 4.55. The summed E-state index contributed by atoms with van der Waals surface area (Å²) in [4.78, 5) is 5.61. The molecule has 2 unspecified atom stereocenters. The number of benzene rings is 8. The molecule has 8 aromatic carbocycles. The highest BCUT2D eigenvalue weighted by Gasteiger charge is 2.30. The molecule has 3 aromatic heterocycles. The van der Waals surface area contributed by atoms with Gasteiger partial charge < -0.3 is 18.9 Å². The van der Waals surface area contributed by atoms with Gasteiger partial charge in [0.25, 0.3) is 0 Å². The van der Waals surface area contributed by atoms with Crippen LogP contribution in [0.25, 0.3) is 82.0 Å². The molecule has 0 amide bonds. The summed E-state index contributed by atoms with van der Waals surface area (Å²) in [6, 6.07) is 62.6. The van der Waals surface area contributed by atoms with Crippen LogP contribution >= 0.6 is 0 Å². The van der Waals surface area contributed by atoms with Crippen molar-refractivity contribution in [3.63, 3.8) is 0 Å². The Morgan fingerprint density at radius 3 is 1.82 bits per heavy atom. The molecule has 0 radical (unpaired) electrons. The second-order valence-corrected chi connectivity index (χ2v) is 14.4. The minimum atomic E-state index is -0.424. The van der Waals surface area contributed by atoms with Crippen molar-refractivity contribution in [1.29, 1.82) is 0 Å². The van der Waals surface area contributed by atoms with Crippen molar-refractivity contribution in [2.45, 2.75) is 12.5 Å². The number of furan rings is 1. The zero-order chi connectivity index (χ0) is 36.0. The summed E-state index contributed by atoms with van der Waals surface area (Å²) in [6.07, 6.45) is -0.660. The first kappa shape index (κ1) is 30.3. The molecule has 2 N–H and O–H groups in total. The van der Waals surface area contributed by atoms with Gasteiger partial charge in [-0.3, -0.25) is 5.32 Å². The average molecular weight is 708 g/mol. The Labute approximate surface area is 315 Å². The molecule has 6 heteroatoms. The van der Waals surface area contributed by atoms with E-state index in [1.807, 2.05) is 12.1 Å². The van der Waals surface area contributed by atoms with Crippen LogP contribution < -0.4 is 10.6 Å². The first-order valence-electron chi connectivity index (χ1n) is 18.8. The van der Waals surface area contributed by atoms with E-state index in [-0.39, 0.29) is 6.17 Å². The second kappa shape index (κ2) is 11.7. The number of nitrogens with zero attached hydrogens (tertiary/aromatic N) is 3. The van der Waals surface area contributed by atoms with Gasteiger partial charge in [-0.05, 0) is 64.9 Å². The molecular formula is C49H33N5O. The Balaban J connectivity index is 1.18. The fraction of sp³-hybridized carbons (Fsp3) is 0.0408. The average Bonchev–Trinajstić information content (AvgIpc) is 3.89. The van der Waals surface area contributed by atoms with E-state index in [4.69, 9.17) is 9.41 Å². The van der Waals surface area contributed by atoms with Crippen LogP contribution in [-0.4, -0.2) is 15.0 Å².